The number of halogens is 1. The molecule has 0 bridgehead atoms. The van der Waals surface area contributed by atoms with Gasteiger partial charge in [-0.1, -0.05) is 35.1 Å². The van der Waals surface area contributed by atoms with Gasteiger partial charge in [0, 0.05) is 26.2 Å². The van der Waals surface area contributed by atoms with Crippen LogP contribution < -0.4 is 9.80 Å². The lowest BCUT2D eigenvalue weighted by atomic mass is 10.2. The van der Waals surface area contributed by atoms with E-state index in [9.17, 15) is 4.79 Å². The average molecular weight is 324 g/mol. The van der Waals surface area contributed by atoms with E-state index in [4.69, 9.17) is 16.7 Å². The van der Waals surface area contributed by atoms with Crippen LogP contribution in [0.2, 0.25) is 5.02 Å². The van der Waals surface area contributed by atoms with Crippen LogP contribution in [0.3, 0.4) is 0 Å². The van der Waals surface area contributed by atoms with Gasteiger partial charge in [0.25, 0.3) is 0 Å². The van der Waals surface area contributed by atoms with Crippen LogP contribution in [0.1, 0.15) is 9.67 Å². The molecule has 1 aromatic heterocycles. The first-order chi connectivity index (χ1) is 10.1. The second-order valence-corrected chi connectivity index (χ2v) is 6.15. The lowest BCUT2D eigenvalue weighted by molar-refractivity contribution is 0.0702. The topological polar surface area (TPSA) is 56.7 Å². The molecule has 0 unspecified atom stereocenters. The number of rotatable bonds is 3. The van der Waals surface area contributed by atoms with Crippen molar-refractivity contribution in [3.63, 3.8) is 0 Å². The standard InChI is InChI=1S/C14H14ClN3O2S/c15-10-3-1-2-4-11(10)17-5-7-18(8-6-17)14-16-9-12(21-14)13(19)20/h1-4,9H,5-8H2,(H,19,20). The minimum atomic E-state index is -0.923. The van der Waals surface area contributed by atoms with Crippen molar-refractivity contribution in [1.82, 2.24) is 4.98 Å². The first kappa shape index (κ1) is 14.2. The number of hydrogen-bond acceptors (Lipinski definition) is 5. The number of carboxylic acids is 1. The quantitative estimate of drug-likeness (QED) is 0.941. The summed E-state index contributed by atoms with van der Waals surface area (Å²) in [6, 6.07) is 7.81. The van der Waals surface area contributed by atoms with E-state index in [1.54, 1.807) is 0 Å². The van der Waals surface area contributed by atoms with Crippen molar-refractivity contribution in [2.75, 3.05) is 36.0 Å². The molecule has 2 aromatic rings. The largest absolute Gasteiger partial charge is 0.477 e. The fraction of sp³-hybridized carbons (Fsp3) is 0.286. The monoisotopic (exact) mass is 323 g/mol. The first-order valence-corrected chi connectivity index (χ1v) is 7.78. The Morgan fingerprint density at radius 1 is 1.19 bits per heavy atom. The van der Waals surface area contributed by atoms with Crippen LogP contribution in [0.15, 0.2) is 30.5 Å². The maximum Gasteiger partial charge on any atom is 0.347 e. The molecule has 0 spiro atoms. The van der Waals surface area contributed by atoms with Gasteiger partial charge in [-0.05, 0) is 12.1 Å². The van der Waals surface area contributed by atoms with Crippen LogP contribution in [-0.4, -0.2) is 42.2 Å². The molecule has 0 atom stereocenters. The van der Waals surface area contributed by atoms with E-state index in [0.29, 0.717) is 0 Å². The Kier molecular flexibility index (Phi) is 3.98. The molecule has 3 rings (SSSR count). The van der Waals surface area contributed by atoms with Crippen molar-refractivity contribution in [3.8, 4) is 0 Å². The van der Waals surface area contributed by atoms with Crippen LogP contribution in [0.4, 0.5) is 10.8 Å². The van der Waals surface area contributed by atoms with E-state index in [0.717, 1.165) is 42.0 Å². The summed E-state index contributed by atoms with van der Waals surface area (Å²) in [5.74, 6) is -0.923. The average Bonchev–Trinajstić information content (AvgIpc) is 2.98. The van der Waals surface area contributed by atoms with E-state index in [1.165, 1.54) is 17.5 Å². The number of piperazine rings is 1. The van der Waals surface area contributed by atoms with E-state index < -0.39 is 5.97 Å². The Labute approximate surface area is 131 Å². The second kappa shape index (κ2) is 5.91. The minimum absolute atomic E-state index is 0.276. The molecule has 1 aliphatic rings. The number of para-hydroxylation sites is 1. The van der Waals surface area contributed by atoms with Gasteiger partial charge in [-0.2, -0.15) is 0 Å². The zero-order valence-corrected chi connectivity index (χ0v) is 12.8. The van der Waals surface area contributed by atoms with Gasteiger partial charge in [0.15, 0.2) is 5.13 Å². The highest BCUT2D eigenvalue weighted by atomic mass is 35.5. The van der Waals surface area contributed by atoms with Gasteiger partial charge in [0.1, 0.15) is 4.88 Å². The van der Waals surface area contributed by atoms with E-state index in [1.807, 2.05) is 24.3 Å². The highest BCUT2D eigenvalue weighted by Crippen LogP contribution is 2.28. The second-order valence-electron chi connectivity index (χ2n) is 4.74. The Balaban J connectivity index is 1.67. The van der Waals surface area contributed by atoms with Crippen molar-refractivity contribution in [1.29, 1.82) is 0 Å². The smallest absolute Gasteiger partial charge is 0.347 e. The molecule has 1 N–H and O–H groups in total. The Bertz CT molecular complexity index is 653. The molecule has 110 valence electrons. The number of benzene rings is 1. The first-order valence-electron chi connectivity index (χ1n) is 6.58. The van der Waals surface area contributed by atoms with Crippen LogP contribution in [0, 0.1) is 0 Å². The summed E-state index contributed by atoms with van der Waals surface area (Å²) < 4.78 is 0. The van der Waals surface area contributed by atoms with Crippen molar-refractivity contribution >= 4 is 39.7 Å². The number of thiazole rings is 1. The normalized spacial score (nSPS) is 15.3. The zero-order chi connectivity index (χ0) is 14.8. The molecule has 2 heterocycles. The molecular weight excluding hydrogens is 310 g/mol. The van der Waals surface area contributed by atoms with E-state index in [2.05, 4.69) is 14.8 Å². The fourth-order valence-electron chi connectivity index (χ4n) is 2.36. The molecule has 5 nitrogen and oxygen atoms in total. The molecule has 1 saturated heterocycles. The van der Waals surface area contributed by atoms with Gasteiger partial charge in [-0.25, -0.2) is 9.78 Å². The van der Waals surface area contributed by atoms with Gasteiger partial charge < -0.3 is 14.9 Å². The maximum absolute atomic E-state index is 10.9. The molecule has 0 radical (unpaired) electrons. The van der Waals surface area contributed by atoms with Crippen LogP contribution >= 0.6 is 22.9 Å². The van der Waals surface area contributed by atoms with Crippen molar-refractivity contribution in [3.05, 3.63) is 40.4 Å². The van der Waals surface area contributed by atoms with Gasteiger partial charge in [0.2, 0.25) is 0 Å². The van der Waals surface area contributed by atoms with Crippen LogP contribution in [0.5, 0.6) is 0 Å². The highest BCUT2D eigenvalue weighted by molar-refractivity contribution is 7.17. The third kappa shape index (κ3) is 2.96. The predicted octanol–water partition coefficient (Wildman–Crippen LogP) is 2.82. The molecule has 7 heteroatoms. The Hall–Kier alpha value is -1.79. The summed E-state index contributed by atoms with van der Waals surface area (Å²) >= 11 is 7.44. The molecule has 1 aromatic carbocycles. The summed E-state index contributed by atoms with van der Waals surface area (Å²) in [5, 5.41) is 10.5. The number of carboxylic acid groups (broad SMARTS) is 1. The zero-order valence-electron chi connectivity index (χ0n) is 11.2. The number of aromatic carboxylic acids is 1. The summed E-state index contributed by atoms with van der Waals surface area (Å²) in [7, 11) is 0. The minimum Gasteiger partial charge on any atom is -0.477 e. The van der Waals surface area contributed by atoms with Gasteiger partial charge in [-0.3, -0.25) is 0 Å². The van der Waals surface area contributed by atoms with E-state index in [-0.39, 0.29) is 4.88 Å². The third-order valence-electron chi connectivity index (χ3n) is 3.45. The summed E-state index contributed by atoms with van der Waals surface area (Å²) in [4.78, 5) is 19.7. The lowest BCUT2D eigenvalue weighted by Crippen LogP contribution is -2.46. The van der Waals surface area contributed by atoms with Crippen molar-refractivity contribution in [2.45, 2.75) is 0 Å². The Morgan fingerprint density at radius 3 is 2.48 bits per heavy atom. The number of aromatic nitrogens is 1. The number of hydrogen-bond donors (Lipinski definition) is 1. The molecule has 0 amide bonds. The maximum atomic E-state index is 10.9. The highest BCUT2D eigenvalue weighted by Gasteiger charge is 2.21. The van der Waals surface area contributed by atoms with Crippen LogP contribution in [-0.2, 0) is 0 Å². The van der Waals surface area contributed by atoms with Gasteiger partial charge >= 0.3 is 5.97 Å². The molecule has 0 saturated carbocycles. The SMILES string of the molecule is O=C(O)c1cnc(N2CCN(c3ccccc3Cl)CC2)s1. The van der Waals surface area contributed by atoms with Gasteiger partial charge in [0.05, 0.1) is 16.9 Å². The third-order valence-corrected chi connectivity index (χ3v) is 4.81. The number of carbonyl (C=O) groups is 1. The molecular formula is C14H14ClN3O2S. The summed E-state index contributed by atoms with van der Waals surface area (Å²) in [5.41, 5.74) is 1.05. The fourth-order valence-corrected chi connectivity index (χ4v) is 3.42. The lowest BCUT2D eigenvalue weighted by Gasteiger charge is -2.36. The summed E-state index contributed by atoms with van der Waals surface area (Å²) in [6.07, 6.45) is 1.42. The summed E-state index contributed by atoms with van der Waals surface area (Å²) in [6.45, 7) is 3.28. The predicted molar refractivity (Wildman–Crippen MR) is 85.0 cm³/mol. The molecule has 0 aliphatic carbocycles. The Morgan fingerprint density at radius 2 is 1.86 bits per heavy atom. The van der Waals surface area contributed by atoms with E-state index >= 15 is 0 Å². The van der Waals surface area contributed by atoms with Crippen molar-refractivity contribution < 1.29 is 9.90 Å². The molecule has 1 aliphatic heterocycles. The van der Waals surface area contributed by atoms with Crippen LogP contribution in [0.25, 0.3) is 0 Å². The van der Waals surface area contributed by atoms with Gasteiger partial charge in [-0.15, -0.1) is 0 Å². The van der Waals surface area contributed by atoms with Crippen molar-refractivity contribution in [2.24, 2.45) is 0 Å². The molecule has 21 heavy (non-hydrogen) atoms. The number of nitrogens with zero attached hydrogens (tertiary/aromatic N) is 3. The molecule has 1 fully saturated rings. The number of anilines is 2.